The second-order valence-corrected chi connectivity index (χ2v) is 11.0. The molecule has 1 saturated heterocycles. The van der Waals surface area contributed by atoms with E-state index >= 15 is 0 Å². The third kappa shape index (κ3) is 4.51. The van der Waals surface area contributed by atoms with Crippen molar-refractivity contribution in [3.8, 4) is 5.75 Å². The number of hydrogen-bond donors (Lipinski definition) is 1. The maximum Gasteiger partial charge on any atom is 0.244 e. The minimum atomic E-state index is -3.79. The smallest absolute Gasteiger partial charge is 0.244 e. The Morgan fingerprint density at radius 3 is 2.19 bits per heavy atom. The number of nitrogens with zero attached hydrogens (tertiary/aromatic N) is 1. The number of nitrogens with one attached hydrogen (secondary N) is 1. The fourth-order valence-corrected chi connectivity index (χ4v) is 6.78. The molecule has 2 saturated carbocycles. The number of benzene rings is 1. The molecule has 7 nitrogen and oxygen atoms in total. The van der Waals surface area contributed by atoms with Gasteiger partial charge in [-0.05, 0) is 62.1 Å². The molecule has 0 unspecified atom stereocenters. The van der Waals surface area contributed by atoms with Gasteiger partial charge in [0, 0.05) is 6.04 Å². The van der Waals surface area contributed by atoms with Crippen LogP contribution in [0.2, 0.25) is 0 Å². The van der Waals surface area contributed by atoms with Crippen LogP contribution in [0.3, 0.4) is 0 Å². The van der Waals surface area contributed by atoms with E-state index in [0.29, 0.717) is 11.5 Å². The zero-order chi connectivity index (χ0) is 22.2. The highest BCUT2D eigenvalue weighted by molar-refractivity contribution is 7.89. The van der Waals surface area contributed by atoms with E-state index in [1.165, 1.54) is 18.1 Å². The van der Waals surface area contributed by atoms with Crippen molar-refractivity contribution >= 4 is 21.8 Å². The number of likely N-dealkylation sites (tertiary alicyclic amines) is 1. The summed E-state index contributed by atoms with van der Waals surface area (Å²) in [6.45, 7) is 2.28. The Morgan fingerprint density at radius 2 is 1.61 bits per heavy atom. The van der Waals surface area contributed by atoms with Gasteiger partial charge in [0.1, 0.15) is 10.6 Å². The number of ether oxygens (including phenoxy) is 1. The molecule has 0 spiro atoms. The molecular weight excluding hydrogens is 416 g/mol. The lowest BCUT2D eigenvalue weighted by Gasteiger charge is -2.27. The molecule has 4 rings (SSSR count). The molecule has 0 bridgehead atoms. The van der Waals surface area contributed by atoms with E-state index in [1.807, 2.05) is 0 Å². The molecule has 1 aromatic carbocycles. The minimum absolute atomic E-state index is 0.0580. The van der Waals surface area contributed by atoms with Crippen LogP contribution in [0.25, 0.3) is 0 Å². The highest BCUT2D eigenvalue weighted by atomic mass is 32.2. The van der Waals surface area contributed by atoms with Gasteiger partial charge in [0.15, 0.2) is 0 Å². The van der Waals surface area contributed by atoms with Gasteiger partial charge < -0.3 is 4.74 Å². The second-order valence-electron chi connectivity index (χ2n) is 9.32. The first-order valence-electron chi connectivity index (χ1n) is 11.3. The quantitative estimate of drug-likeness (QED) is 0.675. The molecule has 8 heteroatoms. The lowest BCUT2D eigenvalue weighted by atomic mass is 9.81. The molecule has 2 amide bonds. The maximum atomic E-state index is 13.1. The van der Waals surface area contributed by atoms with Crippen molar-refractivity contribution in [1.82, 2.24) is 9.62 Å². The SMILES string of the molecule is COc1ccc(CN2C(=O)[C@H]3CCCC[C@@H]3C2=O)cc1S(=O)(=O)NC1CCC(C)CC1. The zero-order valence-corrected chi connectivity index (χ0v) is 19.1. The van der Waals surface area contributed by atoms with Gasteiger partial charge in [-0.2, -0.15) is 0 Å². The van der Waals surface area contributed by atoms with Crippen LogP contribution < -0.4 is 9.46 Å². The summed E-state index contributed by atoms with van der Waals surface area (Å²) < 4.78 is 34.4. The first kappa shape index (κ1) is 22.3. The molecule has 3 fully saturated rings. The lowest BCUT2D eigenvalue weighted by Crippen LogP contribution is -2.37. The third-order valence-corrected chi connectivity index (χ3v) is 8.67. The number of rotatable bonds is 6. The van der Waals surface area contributed by atoms with Gasteiger partial charge in [0.05, 0.1) is 25.5 Å². The van der Waals surface area contributed by atoms with Crippen LogP contribution in [-0.4, -0.2) is 38.3 Å². The average Bonchev–Trinajstić information content (AvgIpc) is 3.00. The Labute approximate surface area is 184 Å². The van der Waals surface area contributed by atoms with Gasteiger partial charge in [-0.1, -0.05) is 25.8 Å². The first-order valence-corrected chi connectivity index (χ1v) is 12.8. The third-order valence-electron chi connectivity index (χ3n) is 7.13. The molecular formula is C23H32N2O5S. The Hall–Kier alpha value is -1.93. The molecule has 0 radical (unpaired) electrons. The van der Waals surface area contributed by atoms with E-state index in [4.69, 9.17) is 4.74 Å². The van der Waals surface area contributed by atoms with E-state index < -0.39 is 10.0 Å². The van der Waals surface area contributed by atoms with E-state index in [-0.39, 0.29) is 46.9 Å². The molecule has 1 aromatic rings. The number of fused-ring (bicyclic) bond motifs is 1. The second kappa shape index (κ2) is 8.90. The van der Waals surface area contributed by atoms with Crippen LogP contribution in [0.15, 0.2) is 23.1 Å². The van der Waals surface area contributed by atoms with Crippen LogP contribution in [0, 0.1) is 17.8 Å². The summed E-state index contributed by atoms with van der Waals surface area (Å²) in [7, 11) is -2.35. The van der Waals surface area contributed by atoms with E-state index in [1.54, 1.807) is 12.1 Å². The molecule has 1 N–H and O–H groups in total. The lowest BCUT2D eigenvalue weighted by molar-refractivity contribution is -0.140. The molecule has 2 aliphatic carbocycles. The van der Waals surface area contributed by atoms with Crippen molar-refractivity contribution in [2.24, 2.45) is 17.8 Å². The maximum absolute atomic E-state index is 13.1. The summed E-state index contributed by atoms with van der Waals surface area (Å²) in [5.74, 6) is 0.218. The van der Waals surface area contributed by atoms with Gasteiger partial charge >= 0.3 is 0 Å². The topological polar surface area (TPSA) is 92.8 Å². The number of sulfonamides is 1. The number of carbonyl (C=O) groups is 2. The average molecular weight is 449 g/mol. The van der Waals surface area contributed by atoms with Crippen molar-refractivity contribution in [2.75, 3.05) is 7.11 Å². The minimum Gasteiger partial charge on any atom is -0.495 e. The van der Waals surface area contributed by atoms with Crippen LogP contribution in [0.1, 0.15) is 63.9 Å². The first-order chi connectivity index (χ1) is 14.8. The van der Waals surface area contributed by atoms with Crippen LogP contribution in [-0.2, 0) is 26.2 Å². The van der Waals surface area contributed by atoms with Crippen molar-refractivity contribution in [3.63, 3.8) is 0 Å². The van der Waals surface area contributed by atoms with Gasteiger partial charge in [-0.15, -0.1) is 0 Å². The Morgan fingerprint density at radius 1 is 1.00 bits per heavy atom. The summed E-state index contributed by atoms with van der Waals surface area (Å²) >= 11 is 0. The van der Waals surface area contributed by atoms with Crippen molar-refractivity contribution in [2.45, 2.75) is 75.8 Å². The fraction of sp³-hybridized carbons (Fsp3) is 0.652. The standard InChI is InChI=1S/C23H32N2O5S/c1-15-7-10-17(11-8-15)24-31(28,29)21-13-16(9-12-20(21)30-2)14-25-22(26)18-5-3-4-6-19(18)23(25)27/h9,12-13,15,17-19,24H,3-8,10-11,14H2,1-2H3/t15?,17?,18-,19-/m0/s1. The number of hydrogen-bond acceptors (Lipinski definition) is 5. The Balaban J connectivity index is 1.55. The number of imide groups is 1. The molecule has 3 aliphatic rings. The van der Waals surface area contributed by atoms with Gasteiger partial charge in [-0.3, -0.25) is 14.5 Å². The summed E-state index contributed by atoms with van der Waals surface area (Å²) in [6, 6.07) is 4.78. The van der Waals surface area contributed by atoms with Crippen molar-refractivity contribution in [3.05, 3.63) is 23.8 Å². The van der Waals surface area contributed by atoms with Gasteiger partial charge in [-0.25, -0.2) is 13.1 Å². The normalized spacial score (nSPS) is 29.2. The number of amides is 2. The molecule has 2 atom stereocenters. The summed E-state index contributed by atoms with van der Waals surface area (Å²) in [5, 5.41) is 0. The molecule has 1 heterocycles. The molecule has 170 valence electrons. The number of carbonyl (C=O) groups excluding carboxylic acids is 2. The van der Waals surface area contributed by atoms with Crippen LogP contribution in [0.4, 0.5) is 0 Å². The predicted octanol–water partition coefficient (Wildman–Crippen LogP) is 3.23. The highest BCUT2D eigenvalue weighted by Gasteiger charge is 2.48. The number of methoxy groups -OCH3 is 1. The summed E-state index contributed by atoms with van der Waals surface area (Å²) in [5.41, 5.74) is 0.610. The molecule has 1 aliphatic heterocycles. The highest BCUT2D eigenvalue weighted by Crippen LogP contribution is 2.39. The van der Waals surface area contributed by atoms with E-state index in [0.717, 1.165) is 51.4 Å². The van der Waals surface area contributed by atoms with E-state index in [9.17, 15) is 18.0 Å². The van der Waals surface area contributed by atoms with E-state index in [2.05, 4.69) is 11.6 Å². The van der Waals surface area contributed by atoms with Gasteiger partial charge in [0.2, 0.25) is 21.8 Å². The predicted molar refractivity (Wildman–Crippen MR) is 116 cm³/mol. The van der Waals surface area contributed by atoms with Gasteiger partial charge in [0.25, 0.3) is 0 Å². The Bertz CT molecular complexity index is 929. The largest absolute Gasteiger partial charge is 0.495 e. The van der Waals surface area contributed by atoms with Crippen molar-refractivity contribution < 1.29 is 22.7 Å². The van der Waals surface area contributed by atoms with Crippen molar-refractivity contribution in [1.29, 1.82) is 0 Å². The summed E-state index contributed by atoms with van der Waals surface area (Å²) in [4.78, 5) is 27.0. The van der Waals surface area contributed by atoms with Crippen LogP contribution in [0.5, 0.6) is 5.75 Å². The molecule has 31 heavy (non-hydrogen) atoms. The summed E-state index contributed by atoms with van der Waals surface area (Å²) in [6.07, 6.45) is 7.13. The Kier molecular flexibility index (Phi) is 6.40. The van der Waals surface area contributed by atoms with Crippen LogP contribution >= 0.6 is 0 Å². The fourth-order valence-electron chi connectivity index (χ4n) is 5.26. The zero-order valence-electron chi connectivity index (χ0n) is 18.3. The monoisotopic (exact) mass is 448 g/mol. The molecule has 0 aromatic heterocycles.